The molecule has 1 saturated carbocycles. The third kappa shape index (κ3) is 13.7. The van der Waals surface area contributed by atoms with Gasteiger partial charge in [0.05, 0.1) is 5.92 Å². The number of hydrogen-bond donors (Lipinski definition) is 1. The highest BCUT2D eigenvalue weighted by Gasteiger charge is 2.35. The van der Waals surface area contributed by atoms with Crippen LogP contribution in [0.25, 0.3) is 0 Å². The first-order valence-corrected chi connectivity index (χ1v) is 14.3. The number of hydrogen-bond acceptors (Lipinski definition) is 8. The molecule has 2 N–H and O–H groups in total. The molecule has 4 unspecified atom stereocenters. The number of nitrogens with zero attached hydrogens (tertiary/aromatic N) is 2. The van der Waals surface area contributed by atoms with Gasteiger partial charge >= 0.3 is 12.1 Å². The average Bonchev–Trinajstić information content (AvgIpc) is 2.73. The summed E-state index contributed by atoms with van der Waals surface area (Å²) in [6.07, 6.45) is 4.45. The summed E-state index contributed by atoms with van der Waals surface area (Å²) in [5, 5.41) is 1.17. The van der Waals surface area contributed by atoms with Crippen molar-refractivity contribution >= 4 is 35.6 Å². The van der Waals surface area contributed by atoms with Crippen LogP contribution in [0.5, 0.6) is 0 Å². The van der Waals surface area contributed by atoms with Crippen molar-refractivity contribution in [2.75, 3.05) is 66.0 Å². The zero-order valence-electron chi connectivity index (χ0n) is 21.6. The number of nitrogens with two attached hydrogens (primary N) is 1. The second-order valence-electron chi connectivity index (χ2n) is 9.85. The molecule has 0 saturated heterocycles. The number of carbonyl (C=O) groups excluding carboxylic acids is 2. The van der Waals surface area contributed by atoms with Crippen LogP contribution in [0.4, 0.5) is 4.79 Å². The van der Waals surface area contributed by atoms with Crippen LogP contribution in [-0.2, 0) is 14.3 Å². The number of thioether (sulfide) groups is 2. The minimum Gasteiger partial charge on any atom is -0.462 e. The normalized spacial score (nSPS) is 22.0. The molecule has 1 amide bonds. The summed E-state index contributed by atoms with van der Waals surface area (Å²) in [6, 6.07) is 0. The molecule has 0 heterocycles. The van der Waals surface area contributed by atoms with Gasteiger partial charge in [-0.25, -0.2) is 4.79 Å². The maximum atomic E-state index is 12.6. The molecule has 0 radical (unpaired) electrons. The predicted molar refractivity (Wildman–Crippen MR) is 141 cm³/mol. The third-order valence-corrected chi connectivity index (χ3v) is 9.19. The minimum absolute atomic E-state index is 0.0134. The van der Waals surface area contributed by atoms with Crippen molar-refractivity contribution in [3.8, 4) is 0 Å². The second-order valence-corrected chi connectivity index (χ2v) is 12.5. The molecule has 1 aliphatic rings. The third-order valence-electron chi connectivity index (χ3n) is 6.14. The number of carbonyl (C=O) groups is 2. The minimum atomic E-state index is -0.844. The number of ether oxygens (including phenoxy) is 2. The lowest BCUT2D eigenvalue weighted by Gasteiger charge is -2.36. The van der Waals surface area contributed by atoms with Crippen molar-refractivity contribution in [3.63, 3.8) is 0 Å². The smallest absolute Gasteiger partial charge is 0.404 e. The first kappa shape index (κ1) is 30.4. The Morgan fingerprint density at radius 1 is 1.00 bits per heavy atom. The molecule has 194 valence electrons. The molecular formula is C24H47N3O4S2. The number of esters is 1. The molecule has 0 bridgehead atoms. The van der Waals surface area contributed by atoms with Crippen LogP contribution < -0.4 is 5.73 Å². The highest BCUT2D eigenvalue weighted by molar-refractivity contribution is 8.00. The van der Waals surface area contributed by atoms with Gasteiger partial charge in [-0.15, -0.1) is 0 Å². The van der Waals surface area contributed by atoms with E-state index in [-0.39, 0.29) is 25.1 Å². The Bertz CT molecular complexity index is 564. The van der Waals surface area contributed by atoms with E-state index in [9.17, 15) is 9.59 Å². The Morgan fingerprint density at radius 2 is 1.64 bits per heavy atom. The summed E-state index contributed by atoms with van der Waals surface area (Å²) in [7, 11) is 8.47. The molecule has 0 spiro atoms. The first-order chi connectivity index (χ1) is 15.6. The van der Waals surface area contributed by atoms with E-state index in [1.165, 1.54) is 18.6 Å². The molecule has 0 aromatic heterocycles. The van der Waals surface area contributed by atoms with Crippen molar-refractivity contribution in [2.45, 2.75) is 56.5 Å². The molecule has 33 heavy (non-hydrogen) atoms. The zero-order chi connectivity index (χ0) is 24.8. The largest absolute Gasteiger partial charge is 0.462 e. The lowest BCUT2D eigenvalue weighted by Crippen LogP contribution is -2.34. The Labute approximate surface area is 210 Å². The van der Waals surface area contributed by atoms with Crippen LogP contribution in [0.3, 0.4) is 0 Å². The lowest BCUT2D eigenvalue weighted by atomic mass is 9.79. The van der Waals surface area contributed by atoms with Gasteiger partial charge in [-0.1, -0.05) is 13.8 Å². The van der Waals surface area contributed by atoms with Gasteiger partial charge in [0.15, 0.2) is 0 Å². The van der Waals surface area contributed by atoms with E-state index in [2.05, 4.69) is 68.3 Å². The van der Waals surface area contributed by atoms with Gasteiger partial charge in [-0.2, -0.15) is 23.5 Å². The summed E-state index contributed by atoms with van der Waals surface area (Å²) < 4.78 is 10.0. The monoisotopic (exact) mass is 505 g/mol. The summed E-state index contributed by atoms with van der Waals surface area (Å²) in [5.74, 6) is 3.34. The first-order valence-electron chi connectivity index (χ1n) is 12.2. The molecule has 0 aromatic rings. The van der Waals surface area contributed by atoms with Crippen molar-refractivity contribution in [3.05, 3.63) is 0 Å². The highest BCUT2D eigenvalue weighted by atomic mass is 32.2. The van der Waals surface area contributed by atoms with Gasteiger partial charge in [-0.05, 0) is 72.1 Å². The van der Waals surface area contributed by atoms with Crippen molar-refractivity contribution in [1.29, 1.82) is 0 Å². The van der Waals surface area contributed by atoms with Crippen LogP contribution >= 0.6 is 23.5 Å². The highest BCUT2D eigenvalue weighted by Crippen LogP contribution is 2.40. The van der Waals surface area contributed by atoms with Crippen molar-refractivity contribution < 1.29 is 19.1 Å². The van der Waals surface area contributed by atoms with Crippen molar-refractivity contribution in [2.24, 2.45) is 23.5 Å². The fourth-order valence-electron chi connectivity index (χ4n) is 4.10. The van der Waals surface area contributed by atoms with Gasteiger partial charge in [0, 0.05) is 35.1 Å². The maximum absolute atomic E-state index is 12.6. The van der Waals surface area contributed by atoms with Crippen LogP contribution in [-0.4, -0.2) is 98.4 Å². The second kappa shape index (κ2) is 16.9. The van der Waals surface area contributed by atoms with Crippen LogP contribution in [0.15, 0.2) is 0 Å². The molecule has 1 fully saturated rings. The number of amides is 1. The van der Waals surface area contributed by atoms with Crippen LogP contribution in [0, 0.1) is 17.8 Å². The number of primary amides is 1. The van der Waals surface area contributed by atoms with E-state index in [0.717, 1.165) is 38.1 Å². The molecule has 1 aliphatic carbocycles. The summed E-state index contributed by atoms with van der Waals surface area (Å²) >= 11 is 4.13. The van der Waals surface area contributed by atoms with E-state index in [4.69, 9.17) is 10.5 Å². The Kier molecular flexibility index (Phi) is 15.6. The topological polar surface area (TPSA) is 85.1 Å². The van der Waals surface area contributed by atoms with E-state index in [0.29, 0.717) is 22.3 Å². The molecule has 9 heteroatoms. The van der Waals surface area contributed by atoms with E-state index in [1.807, 2.05) is 11.8 Å². The van der Waals surface area contributed by atoms with Gasteiger partial charge in [0.2, 0.25) is 0 Å². The fraction of sp³-hybridized carbons (Fsp3) is 0.917. The Balaban J connectivity index is 2.62. The maximum Gasteiger partial charge on any atom is 0.404 e. The molecular weight excluding hydrogens is 458 g/mol. The molecule has 0 aromatic carbocycles. The van der Waals surface area contributed by atoms with Crippen LogP contribution in [0.2, 0.25) is 0 Å². The summed E-state index contributed by atoms with van der Waals surface area (Å²) in [5.41, 5.74) is 4.95. The van der Waals surface area contributed by atoms with E-state index >= 15 is 0 Å². The van der Waals surface area contributed by atoms with Crippen LogP contribution in [0.1, 0.15) is 46.0 Å². The molecule has 0 aliphatic heterocycles. The van der Waals surface area contributed by atoms with Gasteiger partial charge in [-0.3, -0.25) is 4.79 Å². The summed E-state index contributed by atoms with van der Waals surface area (Å²) in [4.78, 5) is 27.7. The SMILES string of the molecule is CC(C)C(CCC1CCC(C(=O)OCCOC(N)=O)CC1SCCN(C)C)SCCN(C)C. The van der Waals surface area contributed by atoms with E-state index in [1.54, 1.807) is 0 Å². The molecule has 4 atom stereocenters. The molecule has 7 nitrogen and oxygen atoms in total. The Morgan fingerprint density at radius 3 is 2.24 bits per heavy atom. The standard InChI is InChI=1S/C24H47N3O4S2/c1-18(2)21(32-15-11-26(3)4)10-9-19-7-8-20(17-22(19)33-16-12-27(5)6)23(28)30-13-14-31-24(25)29/h18-22H,7-17H2,1-6H3,(H2,25,29). The molecule has 1 rings (SSSR count). The lowest BCUT2D eigenvalue weighted by molar-refractivity contribution is -0.150. The predicted octanol–water partition coefficient (Wildman–Crippen LogP) is 3.80. The van der Waals surface area contributed by atoms with Gasteiger partial charge in [0.25, 0.3) is 0 Å². The Hall–Kier alpha value is -0.640. The van der Waals surface area contributed by atoms with E-state index < -0.39 is 6.09 Å². The van der Waals surface area contributed by atoms with Crippen molar-refractivity contribution in [1.82, 2.24) is 9.80 Å². The zero-order valence-corrected chi connectivity index (χ0v) is 23.2. The number of rotatable bonds is 16. The summed E-state index contributed by atoms with van der Waals surface area (Å²) in [6.45, 7) is 6.92. The van der Waals surface area contributed by atoms with Gasteiger partial charge in [0.1, 0.15) is 13.2 Å². The fourth-order valence-corrected chi connectivity index (χ4v) is 7.25. The quantitative estimate of drug-likeness (QED) is 0.250. The average molecular weight is 506 g/mol. The van der Waals surface area contributed by atoms with Gasteiger partial charge < -0.3 is 25.0 Å².